The lowest BCUT2D eigenvalue weighted by Crippen LogP contribution is -2.42. The molecule has 2 aromatic rings. The van der Waals surface area contributed by atoms with Crippen LogP contribution < -0.4 is 21.5 Å². The van der Waals surface area contributed by atoms with E-state index in [0.717, 1.165) is 5.69 Å². The highest BCUT2D eigenvalue weighted by molar-refractivity contribution is 5.95. The minimum Gasteiger partial charge on any atom is -0.494 e. The minimum atomic E-state index is -0.612. The number of nitrogens with two attached hydrogens (primary N) is 2. The van der Waals surface area contributed by atoms with Crippen molar-refractivity contribution in [3.05, 3.63) is 48.0 Å². The van der Waals surface area contributed by atoms with Crippen molar-refractivity contribution in [1.29, 1.82) is 5.41 Å². The van der Waals surface area contributed by atoms with Gasteiger partial charge in [0.1, 0.15) is 11.6 Å². The van der Waals surface area contributed by atoms with Crippen molar-refractivity contribution in [2.24, 2.45) is 11.5 Å². The SMILES string of the molecule is N=C(N)c1cccc(OCCCNC(=O)[C@@H](N)Cc2cnc[nH]2)c1. The molecular weight excluding hydrogens is 308 g/mol. The van der Waals surface area contributed by atoms with Crippen LogP contribution in [-0.4, -0.2) is 40.9 Å². The zero-order valence-corrected chi connectivity index (χ0v) is 13.3. The van der Waals surface area contributed by atoms with Crippen molar-refractivity contribution in [2.45, 2.75) is 18.9 Å². The fraction of sp³-hybridized carbons (Fsp3) is 0.312. The summed E-state index contributed by atoms with van der Waals surface area (Å²) in [6, 6.07) is 6.42. The van der Waals surface area contributed by atoms with Crippen molar-refractivity contribution < 1.29 is 9.53 Å². The highest BCUT2D eigenvalue weighted by Crippen LogP contribution is 2.12. The van der Waals surface area contributed by atoms with Crippen molar-refractivity contribution >= 4 is 11.7 Å². The van der Waals surface area contributed by atoms with E-state index in [4.69, 9.17) is 21.6 Å². The molecule has 0 aliphatic rings. The Morgan fingerprint density at radius 1 is 1.46 bits per heavy atom. The van der Waals surface area contributed by atoms with Crippen LogP contribution in [0.4, 0.5) is 0 Å². The van der Waals surface area contributed by atoms with Gasteiger partial charge in [-0.25, -0.2) is 4.98 Å². The van der Waals surface area contributed by atoms with Gasteiger partial charge in [0.15, 0.2) is 0 Å². The van der Waals surface area contributed by atoms with Crippen molar-refractivity contribution in [2.75, 3.05) is 13.2 Å². The second-order valence-electron chi connectivity index (χ2n) is 5.32. The lowest BCUT2D eigenvalue weighted by Gasteiger charge is -2.12. The number of nitrogen functional groups attached to an aromatic ring is 1. The van der Waals surface area contributed by atoms with Gasteiger partial charge in [0, 0.05) is 30.4 Å². The Balaban J connectivity index is 1.64. The fourth-order valence-electron chi connectivity index (χ4n) is 2.08. The number of H-pyrrole nitrogens is 1. The second kappa shape index (κ2) is 8.68. The van der Waals surface area contributed by atoms with Crippen LogP contribution in [0.1, 0.15) is 17.7 Å². The smallest absolute Gasteiger partial charge is 0.237 e. The summed E-state index contributed by atoms with van der Waals surface area (Å²) in [6.45, 7) is 0.916. The lowest BCUT2D eigenvalue weighted by molar-refractivity contribution is -0.122. The summed E-state index contributed by atoms with van der Waals surface area (Å²) >= 11 is 0. The van der Waals surface area contributed by atoms with E-state index >= 15 is 0 Å². The van der Waals surface area contributed by atoms with Crippen LogP contribution >= 0.6 is 0 Å². The number of amidine groups is 1. The molecule has 0 saturated carbocycles. The summed E-state index contributed by atoms with van der Waals surface area (Å²) in [5.41, 5.74) is 12.7. The van der Waals surface area contributed by atoms with Crippen LogP contribution in [0.3, 0.4) is 0 Å². The molecule has 24 heavy (non-hydrogen) atoms. The van der Waals surface area contributed by atoms with Gasteiger partial charge < -0.3 is 26.5 Å². The number of aromatic nitrogens is 2. The molecule has 8 heteroatoms. The quantitative estimate of drug-likeness (QED) is 0.253. The summed E-state index contributed by atoms with van der Waals surface area (Å²) in [5, 5.41) is 10.2. The van der Waals surface area contributed by atoms with Gasteiger partial charge in [0.2, 0.25) is 5.91 Å². The molecule has 1 aromatic carbocycles. The molecule has 0 aliphatic heterocycles. The Morgan fingerprint density at radius 2 is 2.29 bits per heavy atom. The van der Waals surface area contributed by atoms with E-state index in [1.165, 1.54) is 0 Å². The van der Waals surface area contributed by atoms with E-state index in [1.54, 1.807) is 36.8 Å². The zero-order valence-electron chi connectivity index (χ0n) is 13.3. The molecule has 0 unspecified atom stereocenters. The molecule has 0 bridgehead atoms. The molecular formula is C16H22N6O2. The number of carbonyl (C=O) groups excluding carboxylic acids is 1. The number of hydrogen-bond donors (Lipinski definition) is 5. The number of rotatable bonds is 9. The third-order valence-corrected chi connectivity index (χ3v) is 3.37. The summed E-state index contributed by atoms with van der Waals surface area (Å²) in [7, 11) is 0. The van der Waals surface area contributed by atoms with Crippen molar-refractivity contribution in [3.8, 4) is 5.75 Å². The maximum Gasteiger partial charge on any atom is 0.237 e. The van der Waals surface area contributed by atoms with E-state index in [1.807, 2.05) is 0 Å². The van der Waals surface area contributed by atoms with Gasteiger partial charge in [-0.1, -0.05) is 12.1 Å². The van der Waals surface area contributed by atoms with E-state index < -0.39 is 6.04 Å². The predicted octanol–water partition coefficient (Wildman–Crippen LogP) is 0.149. The molecule has 8 nitrogen and oxygen atoms in total. The van der Waals surface area contributed by atoms with E-state index in [-0.39, 0.29) is 11.7 Å². The number of amides is 1. The number of imidazole rings is 1. The van der Waals surface area contributed by atoms with Crippen LogP contribution in [0.5, 0.6) is 5.75 Å². The highest BCUT2D eigenvalue weighted by atomic mass is 16.5. The van der Waals surface area contributed by atoms with Crippen LogP contribution in [0.15, 0.2) is 36.8 Å². The van der Waals surface area contributed by atoms with Crippen LogP contribution in [0.25, 0.3) is 0 Å². The van der Waals surface area contributed by atoms with Gasteiger partial charge in [-0.3, -0.25) is 10.2 Å². The highest BCUT2D eigenvalue weighted by Gasteiger charge is 2.13. The molecule has 0 aliphatic carbocycles. The van der Waals surface area contributed by atoms with Crippen LogP contribution in [0, 0.1) is 5.41 Å². The van der Waals surface area contributed by atoms with Gasteiger partial charge in [-0.2, -0.15) is 0 Å². The number of nitrogens with zero attached hydrogens (tertiary/aromatic N) is 1. The van der Waals surface area contributed by atoms with Crippen molar-refractivity contribution in [1.82, 2.24) is 15.3 Å². The third kappa shape index (κ3) is 5.40. The molecule has 0 saturated heterocycles. The Labute approximate surface area is 140 Å². The van der Waals surface area contributed by atoms with E-state index in [0.29, 0.717) is 37.3 Å². The maximum atomic E-state index is 11.9. The van der Waals surface area contributed by atoms with E-state index in [2.05, 4.69) is 15.3 Å². The average molecular weight is 330 g/mol. The first-order valence-corrected chi connectivity index (χ1v) is 7.64. The first-order chi connectivity index (χ1) is 11.6. The van der Waals surface area contributed by atoms with Crippen molar-refractivity contribution in [3.63, 3.8) is 0 Å². The number of ether oxygens (including phenoxy) is 1. The molecule has 2 rings (SSSR count). The molecule has 0 radical (unpaired) electrons. The number of nitrogens with one attached hydrogen (secondary N) is 3. The Hall–Kier alpha value is -2.87. The van der Waals surface area contributed by atoms with Crippen LogP contribution in [0.2, 0.25) is 0 Å². The maximum absolute atomic E-state index is 11.9. The molecule has 128 valence electrons. The number of hydrogen-bond acceptors (Lipinski definition) is 5. The molecule has 1 atom stereocenters. The van der Waals surface area contributed by atoms with Gasteiger partial charge in [0.25, 0.3) is 0 Å². The number of aromatic amines is 1. The lowest BCUT2D eigenvalue weighted by atomic mass is 10.1. The van der Waals surface area contributed by atoms with Gasteiger partial charge in [-0.05, 0) is 18.6 Å². The fourth-order valence-corrected chi connectivity index (χ4v) is 2.08. The Bertz CT molecular complexity index is 671. The predicted molar refractivity (Wildman–Crippen MR) is 90.8 cm³/mol. The molecule has 1 aromatic heterocycles. The largest absolute Gasteiger partial charge is 0.494 e. The van der Waals surface area contributed by atoms with Gasteiger partial charge in [0.05, 0.1) is 19.0 Å². The van der Waals surface area contributed by atoms with Gasteiger partial charge >= 0.3 is 0 Å². The van der Waals surface area contributed by atoms with E-state index in [9.17, 15) is 4.79 Å². The monoisotopic (exact) mass is 330 g/mol. The number of carbonyl (C=O) groups is 1. The standard InChI is InChI=1S/C16H22N6O2/c17-14(8-12-9-20-10-22-12)16(23)21-5-2-6-24-13-4-1-3-11(7-13)15(18)19/h1,3-4,7,9-10,14H,2,5-6,8,17H2,(H3,18,19)(H,20,22)(H,21,23)/t14-/m0/s1. The zero-order chi connectivity index (χ0) is 17.4. The molecule has 7 N–H and O–H groups in total. The first-order valence-electron chi connectivity index (χ1n) is 7.64. The number of benzene rings is 1. The Kier molecular flexibility index (Phi) is 6.32. The Morgan fingerprint density at radius 3 is 3.00 bits per heavy atom. The summed E-state index contributed by atoms with van der Waals surface area (Å²) in [6.07, 6.45) is 4.27. The minimum absolute atomic E-state index is 0.000955. The molecule has 0 spiro atoms. The van der Waals surface area contributed by atoms with Gasteiger partial charge in [-0.15, -0.1) is 0 Å². The summed E-state index contributed by atoms with van der Waals surface area (Å²) in [4.78, 5) is 18.7. The normalized spacial score (nSPS) is 11.7. The summed E-state index contributed by atoms with van der Waals surface area (Å²) in [5.74, 6) is 0.437. The molecule has 1 amide bonds. The summed E-state index contributed by atoms with van der Waals surface area (Å²) < 4.78 is 5.58. The topological polar surface area (TPSA) is 143 Å². The van der Waals surface area contributed by atoms with Crippen LogP contribution in [-0.2, 0) is 11.2 Å². The average Bonchev–Trinajstić information content (AvgIpc) is 3.07. The molecule has 1 heterocycles. The first kappa shape index (κ1) is 17.5. The molecule has 0 fully saturated rings. The third-order valence-electron chi connectivity index (χ3n) is 3.37. The second-order valence-corrected chi connectivity index (χ2v) is 5.32.